The Morgan fingerprint density at radius 2 is 1.81 bits per heavy atom. The summed E-state index contributed by atoms with van der Waals surface area (Å²) in [5.74, 6) is -1.01. The van der Waals surface area contributed by atoms with Crippen LogP contribution in [0.3, 0.4) is 0 Å². The summed E-state index contributed by atoms with van der Waals surface area (Å²) in [6.07, 6.45) is -0.284. The monoisotopic (exact) mass is 416 g/mol. The van der Waals surface area contributed by atoms with E-state index in [9.17, 15) is 13.6 Å². The molecule has 0 bridgehead atoms. The van der Waals surface area contributed by atoms with E-state index in [-0.39, 0.29) is 27.1 Å². The fourth-order valence-electron chi connectivity index (χ4n) is 2.75. The van der Waals surface area contributed by atoms with E-state index in [2.05, 4.69) is 9.82 Å². The van der Waals surface area contributed by atoms with Crippen LogP contribution in [0.15, 0.2) is 42.7 Å². The molecule has 144 valence electrons. The zero-order valence-corrected chi connectivity index (χ0v) is 15.5. The van der Waals surface area contributed by atoms with Crippen LogP contribution in [0.4, 0.5) is 8.78 Å². The molecule has 1 saturated carbocycles. The Balaban J connectivity index is 1.72. The zero-order valence-electron chi connectivity index (χ0n) is 14.0. The lowest BCUT2D eigenvalue weighted by molar-refractivity contribution is -0.426. The number of carbonyl (C=O) groups is 1. The highest BCUT2D eigenvalue weighted by Crippen LogP contribution is 2.46. The van der Waals surface area contributed by atoms with Gasteiger partial charge in [-0.05, 0) is 30.9 Å². The summed E-state index contributed by atoms with van der Waals surface area (Å²) in [6.45, 7) is 0. The van der Waals surface area contributed by atoms with E-state index in [0.29, 0.717) is 12.8 Å². The van der Waals surface area contributed by atoms with E-state index in [0.717, 1.165) is 6.42 Å². The molecule has 1 aliphatic carbocycles. The van der Waals surface area contributed by atoms with Gasteiger partial charge in [0.1, 0.15) is 0 Å². The quantitative estimate of drug-likeness (QED) is 0.500. The molecule has 9 heteroatoms. The molecule has 1 fully saturated rings. The standard InChI is InChI=1S/C18H16Cl2F2N2O3/c19-13-9-23-10-14(20)15(13)16(11-7-4-8-11)26-18(21,22)27-24-17(25)12-5-2-1-3-6-12/h1-3,5-6,9-11,16H,4,7-8H2,(H,24,25). The Kier molecular flexibility index (Phi) is 6.26. The van der Waals surface area contributed by atoms with E-state index >= 15 is 0 Å². The molecule has 0 saturated heterocycles. The number of ether oxygens (including phenoxy) is 1. The molecule has 1 aromatic carbocycles. The molecule has 5 nitrogen and oxygen atoms in total. The average Bonchev–Trinajstić information content (AvgIpc) is 2.58. The van der Waals surface area contributed by atoms with Gasteiger partial charge in [0.15, 0.2) is 0 Å². The van der Waals surface area contributed by atoms with Crippen molar-refractivity contribution in [3.63, 3.8) is 0 Å². The third kappa shape index (κ3) is 4.93. The van der Waals surface area contributed by atoms with Crippen molar-refractivity contribution < 1.29 is 23.1 Å². The van der Waals surface area contributed by atoms with Crippen LogP contribution >= 0.6 is 23.2 Å². The first-order valence-electron chi connectivity index (χ1n) is 8.25. The van der Waals surface area contributed by atoms with Gasteiger partial charge in [-0.2, -0.15) is 4.84 Å². The molecule has 1 aliphatic rings. The molecule has 0 radical (unpaired) electrons. The molecule has 2 aromatic rings. The maximum atomic E-state index is 14.3. The van der Waals surface area contributed by atoms with Crippen molar-refractivity contribution in [3.8, 4) is 0 Å². The number of carbonyl (C=O) groups excluding carboxylic acids is 1. The number of amides is 1. The third-order valence-corrected chi connectivity index (χ3v) is 4.92. The van der Waals surface area contributed by atoms with E-state index in [1.165, 1.54) is 24.5 Å². The van der Waals surface area contributed by atoms with Crippen molar-refractivity contribution in [3.05, 3.63) is 63.9 Å². The number of nitrogens with zero attached hydrogens (tertiary/aromatic N) is 1. The number of nitrogens with one attached hydrogen (secondary N) is 1. The van der Waals surface area contributed by atoms with Crippen LogP contribution in [0.5, 0.6) is 0 Å². The minimum absolute atomic E-state index is 0.128. The third-order valence-electron chi connectivity index (χ3n) is 4.32. The van der Waals surface area contributed by atoms with Crippen molar-refractivity contribution in [2.45, 2.75) is 31.7 Å². The molecular formula is C18H16Cl2F2N2O3. The van der Waals surface area contributed by atoms with Crippen LogP contribution in [-0.4, -0.2) is 17.2 Å². The second kappa shape index (κ2) is 8.48. The minimum atomic E-state index is -4.08. The maximum absolute atomic E-state index is 14.3. The highest BCUT2D eigenvalue weighted by Gasteiger charge is 2.43. The second-order valence-electron chi connectivity index (χ2n) is 6.11. The Labute approximate surface area is 164 Å². The van der Waals surface area contributed by atoms with Gasteiger partial charge in [-0.1, -0.05) is 47.8 Å². The summed E-state index contributed by atoms with van der Waals surface area (Å²) in [5.41, 5.74) is 2.11. The molecule has 1 aromatic heterocycles. The second-order valence-corrected chi connectivity index (χ2v) is 6.92. The first-order chi connectivity index (χ1) is 12.9. The highest BCUT2D eigenvalue weighted by molar-refractivity contribution is 6.35. The lowest BCUT2D eigenvalue weighted by atomic mass is 9.79. The minimum Gasteiger partial charge on any atom is -0.286 e. The Bertz CT molecular complexity index is 784. The van der Waals surface area contributed by atoms with Gasteiger partial charge in [-0.25, -0.2) is 5.48 Å². The summed E-state index contributed by atoms with van der Waals surface area (Å²) < 4.78 is 33.4. The van der Waals surface area contributed by atoms with Crippen molar-refractivity contribution in [2.24, 2.45) is 5.92 Å². The van der Waals surface area contributed by atoms with Gasteiger partial charge in [-0.3, -0.25) is 14.5 Å². The summed E-state index contributed by atoms with van der Waals surface area (Å²) in [6, 6.07) is 7.82. The number of halogens is 4. The van der Waals surface area contributed by atoms with Crippen molar-refractivity contribution in [2.75, 3.05) is 0 Å². The number of rotatable bonds is 7. The molecule has 0 aliphatic heterocycles. The lowest BCUT2D eigenvalue weighted by Crippen LogP contribution is -2.39. The number of hydrogen-bond donors (Lipinski definition) is 1. The summed E-state index contributed by atoms with van der Waals surface area (Å²) in [5, 5.41) is 0.257. The highest BCUT2D eigenvalue weighted by atomic mass is 35.5. The zero-order chi connectivity index (χ0) is 19.4. The molecule has 1 amide bonds. The van der Waals surface area contributed by atoms with Gasteiger partial charge < -0.3 is 0 Å². The van der Waals surface area contributed by atoms with Gasteiger partial charge in [0.25, 0.3) is 5.91 Å². The van der Waals surface area contributed by atoms with Crippen LogP contribution in [-0.2, 0) is 9.57 Å². The first-order valence-corrected chi connectivity index (χ1v) is 9.01. The van der Waals surface area contributed by atoms with Gasteiger partial charge >= 0.3 is 6.29 Å². The Morgan fingerprint density at radius 1 is 1.19 bits per heavy atom. The van der Waals surface area contributed by atoms with E-state index in [4.69, 9.17) is 27.9 Å². The Morgan fingerprint density at radius 3 is 2.37 bits per heavy atom. The summed E-state index contributed by atoms with van der Waals surface area (Å²) >= 11 is 12.2. The van der Waals surface area contributed by atoms with Crippen LogP contribution in [0.25, 0.3) is 0 Å². The fraction of sp³-hybridized carbons (Fsp3) is 0.333. The van der Waals surface area contributed by atoms with E-state index in [1.54, 1.807) is 23.7 Å². The SMILES string of the molecule is O=C(NOC(F)(F)OC(c1c(Cl)cncc1Cl)C1CCC1)c1ccccc1. The number of hydrogen-bond acceptors (Lipinski definition) is 4. The number of hydroxylamine groups is 1. The Hall–Kier alpha value is -1.80. The fourth-order valence-corrected chi connectivity index (χ4v) is 3.33. The maximum Gasteiger partial charge on any atom is 0.507 e. The normalized spacial score (nSPS) is 15.9. The van der Waals surface area contributed by atoms with Crippen LogP contribution in [0, 0.1) is 5.92 Å². The van der Waals surface area contributed by atoms with Crippen LogP contribution < -0.4 is 5.48 Å². The lowest BCUT2D eigenvalue weighted by Gasteiger charge is -2.36. The smallest absolute Gasteiger partial charge is 0.286 e. The van der Waals surface area contributed by atoms with Crippen molar-refractivity contribution >= 4 is 29.1 Å². The molecule has 27 heavy (non-hydrogen) atoms. The molecule has 1 heterocycles. The summed E-state index contributed by atoms with van der Waals surface area (Å²) in [7, 11) is 0. The number of alkyl halides is 2. The molecule has 1 atom stereocenters. The van der Waals surface area contributed by atoms with Gasteiger partial charge in [-0.15, -0.1) is 8.78 Å². The predicted octanol–water partition coefficient (Wildman–Crippen LogP) is 5.16. The molecule has 1 unspecified atom stereocenters. The van der Waals surface area contributed by atoms with Gasteiger partial charge in [0.2, 0.25) is 0 Å². The van der Waals surface area contributed by atoms with Crippen molar-refractivity contribution in [1.29, 1.82) is 0 Å². The molecule has 0 spiro atoms. The van der Waals surface area contributed by atoms with Crippen LogP contribution in [0.2, 0.25) is 10.0 Å². The van der Waals surface area contributed by atoms with E-state index < -0.39 is 18.3 Å². The summed E-state index contributed by atoms with van der Waals surface area (Å²) in [4.78, 5) is 19.9. The number of benzene rings is 1. The number of aromatic nitrogens is 1. The molecule has 3 rings (SSSR count). The average molecular weight is 417 g/mol. The molecular weight excluding hydrogens is 401 g/mol. The molecule has 1 N–H and O–H groups in total. The first kappa shape index (κ1) is 19.9. The van der Waals surface area contributed by atoms with Crippen molar-refractivity contribution in [1.82, 2.24) is 10.5 Å². The van der Waals surface area contributed by atoms with Gasteiger partial charge in [0, 0.05) is 23.5 Å². The largest absolute Gasteiger partial charge is 0.507 e. The van der Waals surface area contributed by atoms with Crippen LogP contribution in [0.1, 0.15) is 41.3 Å². The van der Waals surface area contributed by atoms with Gasteiger partial charge in [0.05, 0.1) is 16.1 Å². The van der Waals surface area contributed by atoms with E-state index in [1.807, 2.05) is 0 Å². The number of pyridine rings is 1. The predicted molar refractivity (Wildman–Crippen MR) is 95.4 cm³/mol. The topological polar surface area (TPSA) is 60.5 Å².